The van der Waals surface area contributed by atoms with Crippen molar-refractivity contribution in [3.8, 4) is 0 Å². The van der Waals surface area contributed by atoms with E-state index < -0.39 is 5.69 Å². The van der Waals surface area contributed by atoms with Gasteiger partial charge >= 0.3 is 0 Å². The van der Waals surface area contributed by atoms with Gasteiger partial charge in [-0.25, -0.2) is 0 Å². The van der Waals surface area contributed by atoms with Gasteiger partial charge in [0.25, 0.3) is 0 Å². The average molecular weight is 236 g/mol. The molecule has 1 rings (SSSR count). The van der Waals surface area contributed by atoms with Gasteiger partial charge in [-0.15, -0.1) is 0 Å². The van der Waals surface area contributed by atoms with Crippen LogP contribution in [0.15, 0.2) is 30.3 Å². The zero-order chi connectivity index (χ0) is 10.3. The Hall–Kier alpha value is 0.140. The maximum atomic E-state index is 7.87. The van der Waals surface area contributed by atoms with Gasteiger partial charge in [-0.05, 0) is 23.8 Å². The van der Waals surface area contributed by atoms with Gasteiger partial charge in [0, 0.05) is 0 Å². The third-order valence-electron chi connectivity index (χ3n) is 1.25. The van der Waals surface area contributed by atoms with Crippen molar-refractivity contribution in [1.29, 1.82) is 0 Å². The van der Waals surface area contributed by atoms with Crippen molar-refractivity contribution in [3.05, 3.63) is 35.9 Å². The van der Waals surface area contributed by atoms with Crippen LogP contribution in [-0.4, -0.2) is 9.79 Å². The highest BCUT2D eigenvalue weighted by Crippen LogP contribution is 2.39. The predicted octanol–water partition coefficient (Wildman–Crippen LogP) is 2.37. The summed E-state index contributed by atoms with van der Waals surface area (Å²) in [6.45, 7) is 2.16. The quantitative estimate of drug-likeness (QED) is 0.518. The molecular weight excluding hydrogens is 223 g/mol. The largest absolute Gasteiger partial charge is 0.338 e. The molecule has 0 unspecified atom stereocenters. The number of rotatable bonds is 1. The lowest BCUT2D eigenvalue weighted by atomic mass is 10.2. The van der Waals surface area contributed by atoms with Crippen molar-refractivity contribution < 1.29 is 9.79 Å². The van der Waals surface area contributed by atoms with Gasteiger partial charge in [0.05, 0.1) is 0 Å². The molecule has 0 aliphatic rings. The van der Waals surface area contributed by atoms with E-state index in [1.165, 1.54) is 5.56 Å². The van der Waals surface area contributed by atoms with E-state index in [2.05, 4.69) is 55.2 Å². The Morgan fingerprint density at radius 1 is 1.31 bits per heavy atom. The Labute approximate surface area is 89.0 Å². The van der Waals surface area contributed by atoms with Crippen LogP contribution in [0.25, 0.3) is 0 Å². The molecule has 1 aromatic carbocycles. The molecule has 0 heterocycles. The van der Waals surface area contributed by atoms with Gasteiger partial charge in [-0.3, -0.25) is 0 Å². The summed E-state index contributed by atoms with van der Waals surface area (Å²) in [6.07, 6.45) is 1.14. The molecule has 2 N–H and O–H groups in total. The van der Waals surface area contributed by atoms with E-state index in [9.17, 15) is 0 Å². The molecule has 0 saturated carbocycles. The third-order valence-corrected chi connectivity index (χ3v) is 1.25. The number of thiol groups is 1. The lowest BCUT2D eigenvalue weighted by Gasteiger charge is -1.89. The molecule has 0 spiro atoms. The van der Waals surface area contributed by atoms with Gasteiger partial charge in [0.2, 0.25) is 5.69 Å². The third kappa shape index (κ3) is 12.1. The first-order valence-electron chi connectivity index (χ1n) is 3.75. The van der Waals surface area contributed by atoms with Gasteiger partial charge in [0.15, 0.2) is 0 Å². The first kappa shape index (κ1) is 13.1. The molecule has 1 aromatic rings. The maximum Gasteiger partial charge on any atom is 0.239 e. The summed E-state index contributed by atoms with van der Waals surface area (Å²) in [5.41, 5.74) is -1.70. The normalized spacial score (nSPS) is 10.2. The Bertz CT molecular complexity index is 262. The highest BCUT2D eigenvalue weighted by molar-refractivity contribution is 8.59. The molecule has 0 aliphatic heterocycles. The van der Waals surface area contributed by atoms with Crippen LogP contribution in [0.4, 0.5) is 0 Å². The number of hydrogen-bond acceptors (Lipinski definition) is 1. The van der Waals surface area contributed by atoms with E-state index in [1.807, 2.05) is 6.07 Å². The minimum atomic E-state index is -3.11. The van der Waals surface area contributed by atoms with E-state index >= 15 is 0 Å². The molecule has 74 valence electrons. The first-order valence-corrected chi connectivity index (χ1v) is 7.61. The minimum absolute atomic E-state index is 1.14. The standard InChI is InChI=1S/C8H10.H3O2PS2/c1-2-8-6-4-3-5-7-8;1-3(2,4)5/h3-7H,2H2,1H3;(H3,1,2,4,5). The fourth-order valence-corrected chi connectivity index (χ4v) is 0.714. The van der Waals surface area contributed by atoms with Gasteiger partial charge < -0.3 is 9.79 Å². The lowest BCUT2D eigenvalue weighted by molar-refractivity contribution is 0.503. The van der Waals surface area contributed by atoms with Crippen LogP contribution in [0, 0.1) is 0 Å². The van der Waals surface area contributed by atoms with Gasteiger partial charge in [0.1, 0.15) is 0 Å². The Balaban J connectivity index is 0.000000252. The van der Waals surface area contributed by atoms with Crippen LogP contribution in [0.5, 0.6) is 0 Å². The second-order valence-corrected chi connectivity index (χ2v) is 7.39. The zero-order valence-electron chi connectivity index (χ0n) is 7.29. The Kier molecular flexibility index (Phi) is 6.64. The lowest BCUT2D eigenvalue weighted by Crippen LogP contribution is -1.73. The zero-order valence-corrected chi connectivity index (χ0v) is 9.90. The van der Waals surface area contributed by atoms with Crippen molar-refractivity contribution in [2.75, 3.05) is 0 Å². The Morgan fingerprint density at radius 3 is 1.92 bits per heavy atom. The van der Waals surface area contributed by atoms with E-state index in [1.54, 1.807) is 0 Å². The molecule has 0 bridgehead atoms. The van der Waals surface area contributed by atoms with Crippen LogP contribution in [0.3, 0.4) is 0 Å². The van der Waals surface area contributed by atoms with Crippen molar-refractivity contribution in [3.63, 3.8) is 0 Å². The molecular formula is C8H13O2PS2. The van der Waals surface area contributed by atoms with E-state index in [4.69, 9.17) is 9.79 Å². The molecule has 0 amide bonds. The fraction of sp³-hybridized carbons (Fsp3) is 0.250. The molecule has 0 radical (unpaired) electrons. The smallest absolute Gasteiger partial charge is 0.239 e. The molecule has 5 heteroatoms. The van der Waals surface area contributed by atoms with E-state index in [0.29, 0.717) is 0 Å². The SMILES string of the molecule is CCc1ccccc1.OP(O)(=S)S. The summed E-state index contributed by atoms with van der Waals surface area (Å²) in [5, 5.41) is 0. The van der Waals surface area contributed by atoms with E-state index in [0.717, 1.165) is 6.42 Å². The highest BCUT2D eigenvalue weighted by Gasteiger charge is 1.90. The minimum Gasteiger partial charge on any atom is -0.338 e. The maximum absolute atomic E-state index is 7.87. The fourth-order valence-electron chi connectivity index (χ4n) is 0.714. The summed E-state index contributed by atoms with van der Waals surface area (Å²) in [6, 6.07) is 10.5. The number of hydrogen-bond donors (Lipinski definition) is 3. The average Bonchev–Trinajstić information content (AvgIpc) is 2.03. The monoisotopic (exact) mass is 236 g/mol. The number of benzene rings is 1. The van der Waals surface area contributed by atoms with E-state index in [-0.39, 0.29) is 0 Å². The van der Waals surface area contributed by atoms with Crippen LogP contribution in [0.1, 0.15) is 12.5 Å². The first-order chi connectivity index (χ1) is 5.93. The summed E-state index contributed by atoms with van der Waals surface area (Å²) >= 11 is 7.07. The molecule has 13 heavy (non-hydrogen) atoms. The van der Waals surface area contributed by atoms with Crippen LogP contribution in [0.2, 0.25) is 0 Å². The molecule has 0 aromatic heterocycles. The van der Waals surface area contributed by atoms with Gasteiger partial charge in [-0.2, -0.15) is 0 Å². The van der Waals surface area contributed by atoms with Crippen molar-refractivity contribution >= 4 is 29.7 Å². The second kappa shape index (κ2) is 6.57. The molecule has 0 saturated heterocycles. The molecule has 0 fully saturated rings. The molecule has 2 nitrogen and oxygen atoms in total. The Morgan fingerprint density at radius 2 is 1.69 bits per heavy atom. The topological polar surface area (TPSA) is 40.5 Å². The van der Waals surface area contributed by atoms with Gasteiger partial charge in [-0.1, -0.05) is 49.5 Å². The second-order valence-electron chi connectivity index (χ2n) is 2.35. The van der Waals surface area contributed by atoms with Crippen LogP contribution < -0.4 is 0 Å². The molecule has 0 aliphatic carbocycles. The summed E-state index contributed by atoms with van der Waals surface area (Å²) < 4.78 is 0. The summed E-state index contributed by atoms with van der Waals surface area (Å²) in [4.78, 5) is 15.7. The summed E-state index contributed by atoms with van der Waals surface area (Å²) in [7, 11) is 0. The number of aryl methyl sites for hydroxylation is 1. The van der Waals surface area contributed by atoms with Crippen LogP contribution in [-0.2, 0) is 18.2 Å². The predicted molar refractivity (Wildman–Crippen MR) is 63.5 cm³/mol. The van der Waals surface area contributed by atoms with Crippen molar-refractivity contribution in [2.24, 2.45) is 0 Å². The highest BCUT2D eigenvalue weighted by atomic mass is 32.9. The van der Waals surface area contributed by atoms with Crippen molar-refractivity contribution in [1.82, 2.24) is 0 Å². The van der Waals surface area contributed by atoms with Crippen molar-refractivity contribution in [2.45, 2.75) is 13.3 Å². The van der Waals surface area contributed by atoms with Crippen LogP contribution >= 0.6 is 17.9 Å². The summed E-state index contributed by atoms with van der Waals surface area (Å²) in [5.74, 6) is 0. The molecule has 0 atom stereocenters.